The molecule has 3 rings (SSSR count). The number of ether oxygens (including phenoxy) is 1. The Morgan fingerprint density at radius 3 is 2.34 bits per heavy atom. The van der Waals surface area contributed by atoms with Crippen molar-refractivity contribution in [3.05, 3.63) is 101 Å². The molecule has 3 aromatic rings. The summed E-state index contributed by atoms with van der Waals surface area (Å²) < 4.78 is 18.7. The van der Waals surface area contributed by atoms with Gasteiger partial charge in [-0.3, -0.25) is 9.59 Å². The fourth-order valence-corrected chi connectivity index (χ4v) is 3.52. The Balaban J connectivity index is 1.86. The van der Waals surface area contributed by atoms with Crippen LogP contribution in [0.4, 0.5) is 4.39 Å². The van der Waals surface area contributed by atoms with Gasteiger partial charge in [0.1, 0.15) is 17.6 Å². The third-order valence-electron chi connectivity index (χ3n) is 4.94. The molecule has 2 amide bonds. The third kappa shape index (κ3) is 6.56. The molecule has 0 heterocycles. The minimum Gasteiger partial charge on any atom is -0.484 e. The van der Waals surface area contributed by atoms with Crippen molar-refractivity contribution in [1.82, 2.24) is 10.2 Å². The van der Waals surface area contributed by atoms with Crippen molar-refractivity contribution in [3.8, 4) is 5.75 Å². The molecule has 166 valence electrons. The summed E-state index contributed by atoms with van der Waals surface area (Å²) in [7, 11) is 1.54. The van der Waals surface area contributed by atoms with E-state index >= 15 is 0 Å². The number of carbonyl (C=O) groups excluding carboxylic acids is 2. The number of likely N-dealkylation sites (N-methyl/N-ethyl adjacent to an activating group) is 1. The highest BCUT2D eigenvalue weighted by atomic mass is 35.5. The summed E-state index contributed by atoms with van der Waals surface area (Å²) in [5.74, 6) is -0.694. The second-order valence-corrected chi connectivity index (χ2v) is 7.65. The second-order valence-electron chi connectivity index (χ2n) is 7.21. The van der Waals surface area contributed by atoms with Crippen LogP contribution in [0, 0.1) is 5.82 Å². The van der Waals surface area contributed by atoms with Crippen molar-refractivity contribution in [2.75, 3.05) is 13.7 Å². The molecule has 0 saturated heterocycles. The molecular formula is C25H24ClFN2O3. The zero-order valence-corrected chi connectivity index (χ0v) is 18.4. The van der Waals surface area contributed by atoms with Crippen LogP contribution in [0.1, 0.15) is 11.1 Å². The van der Waals surface area contributed by atoms with E-state index in [-0.39, 0.29) is 25.0 Å². The van der Waals surface area contributed by atoms with Crippen molar-refractivity contribution < 1.29 is 18.7 Å². The Hall–Kier alpha value is -3.38. The quantitative estimate of drug-likeness (QED) is 0.526. The fourth-order valence-electron chi connectivity index (χ4n) is 3.31. The van der Waals surface area contributed by atoms with Crippen molar-refractivity contribution in [3.63, 3.8) is 0 Å². The molecule has 32 heavy (non-hydrogen) atoms. The fraction of sp³-hybridized carbons (Fsp3) is 0.200. The first-order chi connectivity index (χ1) is 15.5. The Morgan fingerprint density at radius 2 is 1.69 bits per heavy atom. The predicted molar refractivity (Wildman–Crippen MR) is 122 cm³/mol. The van der Waals surface area contributed by atoms with E-state index in [1.165, 1.54) is 36.2 Å². The first-order valence-corrected chi connectivity index (χ1v) is 10.5. The van der Waals surface area contributed by atoms with Crippen LogP contribution in [-0.4, -0.2) is 36.4 Å². The smallest absolute Gasteiger partial charge is 0.261 e. The van der Waals surface area contributed by atoms with E-state index in [4.69, 9.17) is 16.3 Å². The highest BCUT2D eigenvalue weighted by Crippen LogP contribution is 2.18. The van der Waals surface area contributed by atoms with Crippen LogP contribution in [0.15, 0.2) is 78.9 Å². The average Bonchev–Trinajstić information content (AvgIpc) is 2.81. The Labute approximate surface area is 191 Å². The Kier molecular flexibility index (Phi) is 8.22. The number of benzene rings is 3. The molecule has 7 heteroatoms. The molecule has 0 aliphatic heterocycles. The van der Waals surface area contributed by atoms with Crippen LogP contribution in [-0.2, 0) is 22.6 Å². The van der Waals surface area contributed by atoms with E-state index in [0.717, 1.165) is 11.1 Å². The summed E-state index contributed by atoms with van der Waals surface area (Å²) in [4.78, 5) is 27.5. The van der Waals surface area contributed by atoms with Gasteiger partial charge >= 0.3 is 0 Å². The summed E-state index contributed by atoms with van der Waals surface area (Å²) in [6.45, 7) is -0.119. The van der Waals surface area contributed by atoms with Gasteiger partial charge in [0.15, 0.2) is 6.61 Å². The van der Waals surface area contributed by atoms with E-state index < -0.39 is 11.9 Å². The van der Waals surface area contributed by atoms with Crippen molar-refractivity contribution in [1.29, 1.82) is 0 Å². The molecule has 0 spiro atoms. The maximum atomic E-state index is 13.2. The first kappa shape index (κ1) is 23.3. The zero-order valence-electron chi connectivity index (χ0n) is 17.6. The number of nitrogens with one attached hydrogen (secondary N) is 1. The van der Waals surface area contributed by atoms with Gasteiger partial charge in [0.05, 0.1) is 0 Å². The highest BCUT2D eigenvalue weighted by Gasteiger charge is 2.30. The first-order valence-electron chi connectivity index (χ1n) is 10.1. The third-order valence-corrected chi connectivity index (χ3v) is 5.17. The van der Waals surface area contributed by atoms with Crippen LogP contribution >= 0.6 is 11.6 Å². The molecule has 3 aromatic carbocycles. The second kappa shape index (κ2) is 11.3. The minimum absolute atomic E-state index is 0.178. The molecule has 0 aliphatic carbocycles. The SMILES string of the molecule is CNC(=O)[C@@H](Cc1ccccc1)N(Cc1cccc(Cl)c1)C(=O)COc1ccc(F)cc1. The van der Waals surface area contributed by atoms with Gasteiger partial charge in [-0.1, -0.05) is 54.1 Å². The normalized spacial score (nSPS) is 11.5. The van der Waals surface area contributed by atoms with Gasteiger partial charge in [-0.15, -0.1) is 0 Å². The van der Waals surface area contributed by atoms with Crippen LogP contribution < -0.4 is 10.1 Å². The maximum Gasteiger partial charge on any atom is 0.261 e. The van der Waals surface area contributed by atoms with Gasteiger partial charge in [-0.25, -0.2) is 4.39 Å². The monoisotopic (exact) mass is 454 g/mol. The largest absolute Gasteiger partial charge is 0.484 e. The molecule has 0 fully saturated rings. The number of hydrogen-bond acceptors (Lipinski definition) is 3. The minimum atomic E-state index is -0.759. The van der Waals surface area contributed by atoms with Gasteiger partial charge in [0.25, 0.3) is 5.91 Å². The molecule has 0 radical (unpaired) electrons. The van der Waals surface area contributed by atoms with E-state index in [1.807, 2.05) is 36.4 Å². The number of halogens is 2. The molecule has 0 aliphatic rings. The summed E-state index contributed by atoms with van der Waals surface area (Å²) in [5.41, 5.74) is 1.71. The summed E-state index contributed by atoms with van der Waals surface area (Å²) in [6, 6.07) is 21.3. The van der Waals surface area contributed by atoms with Gasteiger partial charge in [-0.05, 0) is 47.5 Å². The molecule has 0 saturated carbocycles. The molecule has 1 N–H and O–H groups in total. The predicted octanol–water partition coefficient (Wildman–Crippen LogP) is 4.24. The lowest BCUT2D eigenvalue weighted by Gasteiger charge is -2.31. The number of rotatable bonds is 9. The Morgan fingerprint density at radius 1 is 1.00 bits per heavy atom. The average molecular weight is 455 g/mol. The number of amides is 2. The van der Waals surface area contributed by atoms with Crippen molar-refractivity contribution in [2.45, 2.75) is 19.0 Å². The van der Waals surface area contributed by atoms with Crippen LogP contribution in [0.25, 0.3) is 0 Å². The van der Waals surface area contributed by atoms with Gasteiger partial charge in [-0.2, -0.15) is 0 Å². The molecule has 0 bridgehead atoms. The standard InChI is InChI=1S/C25H24ClFN2O3/c1-28-25(31)23(15-18-6-3-2-4-7-18)29(16-19-8-5-9-20(26)14-19)24(30)17-32-22-12-10-21(27)11-13-22/h2-14,23H,15-17H2,1H3,(H,28,31)/t23-/m1/s1. The van der Waals surface area contributed by atoms with E-state index in [2.05, 4.69) is 5.32 Å². The van der Waals surface area contributed by atoms with Crippen molar-refractivity contribution >= 4 is 23.4 Å². The number of nitrogens with zero attached hydrogens (tertiary/aromatic N) is 1. The van der Waals surface area contributed by atoms with Crippen LogP contribution in [0.5, 0.6) is 5.75 Å². The summed E-state index contributed by atoms with van der Waals surface area (Å²) in [6.07, 6.45) is 0.337. The van der Waals surface area contributed by atoms with Gasteiger partial charge in [0, 0.05) is 25.0 Å². The van der Waals surface area contributed by atoms with E-state index in [1.54, 1.807) is 18.2 Å². The van der Waals surface area contributed by atoms with Crippen LogP contribution in [0.3, 0.4) is 0 Å². The van der Waals surface area contributed by atoms with Gasteiger partial charge in [0.2, 0.25) is 5.91 Å². The van der Waals surface area contributed by atoms with Gasteiger partial charge < -0.3 is 15.0 Å². The zero-order chi connectivity index (χ0) is 22.9. The molecular weight excluding hydrogens is 431 g/mol. The lowest BCUT2D eigenvalue weighted by molar-refractivity contribution is -0.142. The lowest BCUT2D eigenvalue weighted by Crippen LogP contribution is -2.51. The summed E-state index contributed by atoms with van der Waals surface area (Å²) in [5, 5.41) is 3.20. The summed E-state index contributed by atoms with van der Waals surface area (Å²) >= 11 is 6.12. The topological polar surface area (TPSA) is 58.6 Å². The Bertz CT molecular complexity index is 1040. The van der Waals surface area contributed by atoms with Crippen LogP contribution in [0.2, 0.25) is 5.02 Å². The molecule has 0 aromatic heterocycles. The maximum absolute atomic E-state index is 13.2. The van der Waals surface area contributed by atoms with Crippen molar-refractivity contribution in [2.24, 2.45) is 0 Å². The lowest BCUT2D eigenvalue weighted by atomic mass is 10.0. The molecule has 5 nitrogen and oxygen atoms in total. The molecule has 0 unspecified atom stereocenters. The highest BCUT2D eigenvalue weighted by molar-refractivity contribution is 6.30. The van der Waals surface area contributed by atoms with E-state index in [9.17, 15) is 14.0 Å². The number of carbonyl (C=O) groups is 2. The molecule has 1 atom stereocenters. The number of hydrogen-bond donors (Lipinski definition) is 1. The van der Waals surface area contributed by atoms with E-state index in [0.29, 0.717) is 17.2 Å².